The molecule has 0 aromatic carbocycles. The molecule has 0 saturated carbocycles. The second-order valence-corrected chi connectivity index (χ2v) is 3.27. The van der Waals surface area contributed by atoms with Crippen LogP contribution in [0.1, 0.15) is 34.6 Å². The minimum absolute atomic E-state index is 0.153. The van der Waals surface area contributed by atoms with Crippen LogP contribution in [0.3, 0.4) is 0 Å². The van der Waals surface area contributed by atoms with Gasteiger partial charge < -0.3 is 4.79 Å². The van der Waals surface area contributed by atoms with Gasteiger partial charge in [0.15, 0.2) is 0 Å². The lowest BCUT2D eigenvalue weighted by Crippen LogP contribution is -1.97. The number of hydrogen-bond donors (Lipinski definition) is 0. The Kier molecular flexibility index (Phi) is 5.93. The molecule has 10 heavy (non-hydrogen) atoms. The first-order valence-corrected chi connectivity index (χ1v) is 3.18. The molecule has 0 aliphatic carbocycles. The van der Waals surface area contributed by atoms with Crippen molar-refractivity contribution in [3.8, 4) is 6.07 Å². The van der Waals surface area contributed by atoms with Crippen molar-refractivity contribution in [3.63, 3.8) is 0 Å². The van der Waals surface area contributed by atoms with E-state index >= 15 is 0 Å². The fraction of sp³-hybridized carbons (Fsp3) is 0.750. The Bertz CT molecular complexity index is 132. The van der Waals surface area contributed by atoms with E-state index in [9.17, 15) is 4.79 Å². The number of nitrogens with zero attached hydrogens (tertiary/aromatic N) is 1. The normalized spacial score (nSPS) is 8.80. The van der Waals surface area contributed by atoms with Crippen molar-refractivity contribution in [2.24, 2.45) is 5.41 Å². The highest BCUT2D eigenvalue weighted by molar-refractivity contribution is 5.72. The van der Waals surface area contributed by atoms with Crippen molar-refractivity contribution in [2.45, 2.75) is 34.6 Å². The summed E-state index contributed by atoms with van der Waals surface area (Å²) in [6, 6.07) is 2.10. The summed E-state index contributed by atoms with van der Waals surface area (Å²) in [4.78, 5) is 9.44. The molecule has 0 aromatic rings. The first kappa shape index (κ1) is 11.9. The lowest BCUT2D eigenvalue weighted by atomic mass is 10.0. The number of rotatable bonds is 0. The van der Waals surface area contributed by atoms with Crippen LogP contribution in [0, 0.1) is 16.7 Å². The first-order valence-electron chi connectivity index (χ1n) is 3.18. The predicted molar refractivity (Wildman–Crippen MR) is 41.4 cm³/mol. The smallest absolute Gasteiger partial charge is 0.126 e. The lowest BCUT2D eigenvalue weighted by molar-refractivity contribution is -0.114. The molecule has 0 spiro atoms. The average Bonchev–Trinajstić information content (AvgIpc) is 1.63. The van der Waals surface area contributed by atoms with E-state index in [0.717, 1.165) is 0 Å². The highest BCUT2D eigenvalue weighted by atomic mass is 16.1. The molecule has 58 valence electrons. The van der Waals surface area contributed by atoms with Crippen molar-refractivity contribution in [1.29, 1.82) is 5.26 Å². The number of Topliss-reactive ketones (excluding diaryl/α,β-unsaturated/α-hetero) is 1. The predicted octanol–water partition coefficient (Wildman–Crippen LogP) is 2.15. The Hall–Kier alpha value is -0.840. The van der Waals surface area contributed by atoms with Crippen LogP contribution in [0.2, 0.25) is 0 Å². The Morgan fingerprint density at radius 1 is 1.30 bits per heavy atom. The van der Waals surface area contributed by atoms with E-state index < -0.39 is 0 Å². The van der Waals surface area contributed by atoms with Gasteiger partial charge in [0.2, 0.25) is 0 Å². The van der Waals surface area contributed by atoms with Crippen molar-refractivity contribution >= 4 is 5.78 Å². The molecular weight excluding hydrogens is 126 g/mol. The molecule has 0 radical (unpaired) electrons. The van der Waals surface area contributed by atoms with Gasteiger partial charge in [0.25, 0.3) is 0 Å². The molecule has 0 saturated heterocycles. The Morgan fingerprint density at radius 3 is 1.40 bits per heavy atom. The molecule has 0 aromatic heterocycles. The molecule has 0 heterocycles. The molecule has 0 atom stereocenters. The summed E-state index contributed by atoms with van der Waals surface area (Å²) in [5.41, 5.74) is -0.153. The maximum atomic E-state index is 9.44. The highest BCUT2D eigenvalue weighted by Gasteiger charge is 2.04. The second kappa shape index (κ2) is 4.99. The van der Waals surface area contributed by atoms with E-state index in [1.165, 1.54) is 13.8 Å². The minimum Gasteiger partial charge on any atom is -0.300 e. The van der Waals surface area contributed by atoms with E-state index in [4.69, 9.17) is 5.26 Å². The van der Waals surface area contributed by atoms with Crippen LogP contribution in [0.15, 0.2) is 0 Å². The summed E-state index contributed by atoms with van der Waals surface area (Å²) in [6.45, 7) is 8.70. The molecule has 0 rings (SSSR count). The topological polar surface area (TPSA) is 40.9 Å². The molecule has 0 unspecified atom stereocenters. The Morgan fingerprint density at radius 2 is 1.40 bits per heavy atom. The first-order chi connectivity index (χ1) is 4.29. The molecule has 2 nitrogen and oxygen atoms in total. The molecule has 0 bridgehead atoms. The van der Waals surface area contributed by atoms with Crippen LogP contribution in [0.25, 0.3) is 0 Å². The zero-order chi connectivity index (χ0) is 8.78. The van der Waals surface area contributed by atoms with Crippen LogP contribution in [0.5, 0.6) is 0 Å². The third kappa shape index (κ3) is 58.2. The molecule has 0 N–H and O–H groups in total. The molecular formula is C8H15NO. The van der Waals surface area contributed by atoms with Gasteiger partial charge in [-0.3, -0.25) is 0 Å². The summed E-state index contributed by atoms with van der Waals surface area (Å²) < 4.78 is 0. The Balaban J connectivity index is 0. The maximum absolute atomic E-state index is 9.44. The van der Waals surface area contributed by atoms with Crippen molar-refractivity contribution in [1.82, 2.24) is 0 Å². The van der Waals surface area contributed by atoms with Gasteiger partial charge in [0.05, 0.1) is 6.07 Å². The van der Waals surface area contributed by atoms with Crippen molar-refractivity contribution < 1.29 is 4.79 Å². The van der Waals surface area contributed by atoms with Crippen LogP contribution in [-0.2, 0) is 4.79 Å². The van der Waals surface area contributed by atoms with E-state index in [1.54, 1.807) is 0 Å². The number of ketones is 1. The van der Waals surface area contributed by atoms with Gasteiger partial charge >= 0.3 is 0 Å². The fourth-order valence-electron chi connectivity index (χ4n) is 0. The SMILES string of the molecule is CC(C)(C)C#N.CC(C)=O. The minimum atomic E-state index is -0.153. The molecule has 0 aliphatic rings. The molecule has 0 aliphatic heterocycles. The van der Waals surface area contributed by atoms with Gasteiger partial charge in [-0.05, 0) is 34.6 Å². The standard InChI is InChI=1S/C5H9N.C3H6O/c1-5(2,3)4-6;1-3(2)4/h1-3H3;1-2H3. The Labute approximate surface area is 62.9 Å². The van der Waals surface area contributed by atoms with Crippen LogP contribution >= 0.6 is 0 Å². The van der Waals surface area contributed by atoms with Crippen molar-refractivity contribution in [2.75, 3.05) is 0 Å². The summed E-state index contributed by atoms with van der Waals surface area (Å²) in [7, 11) is 0. The fourth-order valence-corrected chi connectivity index (χ4v) is 0. The van der Waals surface area contributed by atoms with Crippen LogP contribution in [-0.4, -0.2) is 5.78 Å². The van der Waals surface area contributed by atoms with E-state index in [2.05, 4.69) is 6.07 Å². The van der Waals surface area contributed by atoms with Gasteiger partial charge in [-0.25, -0.2) is 0 Å². The summed E-state index contributed by atoms with van der Waals surface area (Å²) in [6.07, 6.45) is 0. The van der Waals surface area contributed by atoms with Crippen LogP contribution in [0.4, 0.5) is 0 Å². The van der Waals surface area contributed by atoms with E-state index in [0.29, 0.717) is 0 Å². The number of carbonyl (C=O) groups is 1. The van der Waals surface area contributed by atoms with Crippen LogP contribution < -0.4 is 0 Å². The zero-order valence-corrected chi connectivity index (χ0v) is 7.36. The van der Waals surface area contributed by atoms with E-state index in [1.807, 2.05) is 20.8 Å². The van der Waals surface area contributed by atoms with Gasteiger partial charge in [0.1, 0.15) is 5.78 Å². The monoisotopic (exact) mass is 141 g/mol. The quantitative estimate of drug-likeness (QED) is 0.518. The number of carbonyl (C=O) groups excluding carboxylic acids is 1. The highest BCUT2D eigenvalue weighted by Crippen LogP contribution is 2.08. The second-order valence-electron chi connectivity index (χ2n) is 3.27. The third-order valence-corrected chi connectivity index (χ3v) is 0.335. The number of hydrogen-bond acceptors (Lipinski definition) is 2. The maximum Gasteiger partial charge on any atom is 0.126 e. The van der Waals surface area contributed by atoms with Crippen molar-refractivity contribution in [3.05, 3.63) is 0 Å². The summed E-state index contributed by atoms with van der Waals surface area (Å²) >= 11 is 0. The zero-order valence-electron chi connectivity index (χ0n) is 7.36. The molecule has 0 amide bonds. The number of nitriles is 1. The lowest BCUT2D eigenvalue weighted by Gasteiger charge is -2.01. The molecule has 2 heteroatoms. The third-order valence-electron chi connectivity index (χ3n) is 0.335. The summed E-state index contributed by atoms with van der Waals surface area (Å²) in [5.74, 6) is 0.167. The largest absolute Gasteiger partial charge is 0.300 e. The molecule has 0 fully saturated rings. The van der Waals surface area contributed by atoms with Gasteiger partial charge in [-0.15, -0.1) is 0 Å². The van der Waals surface area contributed by atoms with Gasteiger partial charge in [-0.1, -0.05) is 0 Å². The average molecular weight is 141 g/mol. The summed E-state index contributed by atoms with van der Waals surface area (Å²) in [5, 5.41) is 8.15. The van der Waals surface area contributed by atoms with Gasteiger partial charge in [0, 0.05) is 5.41 Å². The van der Waals surface area contributed by atoms with E-state index in [-0.39, 0.29) is 11.2 Å². The van der Waals surface area contributed by atoms with Gasteiger partial charge in [-0.2, -0.15) is 5.26 Å².